The van der Waals surface area contributed by atoms with E-state index < -0.39 is 12.8 Å². The average molecular weight is 277 g/mol. The van der Waals surface area contributed by atoms with Gasteiger partial charge in [0.05, 0.1) is 0 Å². The minimum absolute atomic E-state index is 0.000247. The minimum Gasteiger partial charge on any atom is -0.383 e. The molecule has 1 heterocycles. The molecule has 1 aromatic heterocycles. The van der Waals surface area contributed by atoms with Gasteiger partial charge in [-0.05, 0) is 31.5 Å². The van der Waals surface area contributed by atoms with E-state index in [-0.39, 0.29) is 12.6 Å². The second kappa shape index (κ2) is 7.30. The Morgan fingerprint density at radius 1 is 1.47 bits per heavy atom. The van der Waals surface area contributed by atoms with Crippen LogP contribution in [-0.2, 0) is 11.2 Å². The van der Waals surface area contributed by atoms with E-state index >= 15 is 0 Å². The van der Waals surface area contributed by atoms with Gasteiger partial charge in [0.25, 0.3) is 0 Å². The molecule has 1 aromatic rings. The van der Waals surface area contributed by atoms with E-state index in [9.17, 15) is 13.2 Å². The maximum Gasteiger partial charge on any atom is 0.411 e. The molecule has 0 radical (unpaired) electrons. The van der Waals surface area contributed by atoms with Crippen LogP contribution in [0, 0.1) is 0 Å². The van der Waals surface area contributed by atoms with Crippen LogP contribution in [0.2, 0.25) is 0 Å². The molecular formula is C12H18F3N3O. The summed E-state index contributed by atoms with van der Waals surface area (Å²) in [7, 11) is 1.75. The molecule has 19 heavy (non-hydrogen) atoms. The summed E-state index contributed by atoms with van der Waals surface area (Å²) in [6.07, 6.45) is -1.60. The lowest BCUT2D eigenvalue weighted by atomic mass is 10.0. The zero-order valence-corrected chi connectivity index (χ0v) is 10.7. The highest BCUT2D eigenvalue weighted by Gasteiger charge is 2.27. The van der Waals surface area contributed by atoms with Gasteiger partial charge in [0.15, 0.2) is 0 Å². The van der Waals surface area contributed by atoms with Gasteiger partial charge in [-0.25, -0.2) is 4.98 Å². The van der Waals surface area contributed by atoms with Crippen molar-refractivity contribution in [3.63, 3.8) is 0 Å². The van der Waals surface area contributed by atoms with Crippen LogP contribution in [0.25, 0.3) is 0 Å². The van der Waals surface area contributed by atoms with Crippen LogP contribution in [0.1, 0.15) is 12.0 Å². The summed E-state index contributed by atoms with van der Waals surface area (Å²) in [4.78, 5) is 3.97. The van der Waals surface area contributed by atoms with Crippen LogP contribution in [0.4, 0.5) is 19.0 Å². The van der Waals surface area contributed by atoms with Crippen molar-refractivity contribution >= 4 is 5.82 Å². The van der Waals surface area contributed by atoms with Crippen LogP contribution in [0.15, 0.2) is 18.3 Å². The topological polar surface area (TPSA) is 60.2 Å². The molecule has 0 spiro atoms. The number of pyridine rings is 1. The van der Waals surface area contributed by atoms with Gasteiger partial charge in [0.2, 0.25) is 0 Å². The number of ether oxygens (including phenoxy) is 1. The third-order valence-electron chi connectivity index (χ3n) is 2.68. The predicted octanol–water partition coefficient (Wildman–Crippen LogP) is 1.76. The van der Waals surface area contributed by atoms with Crippen molar-refractivity contribution in [3.05, 3.63) is 23.9 Å². The first kappa shape index (κ1) is 15.7. The van der Waals surface area contributed by atoms with Crippen LogP contribution in [0.5, 0.6) is 0 Å². The lowest BCUT2D eigenvalue weighted by Crippen LogP contribution is -2.30. The van der Waals surface area contributed by atoms with Gasteiger partial charge in [-0.15, -0.1) is 0 Å². The van der Waals surface area contributed by atoms with Crippen LogP contribution in [-0.4, -0.2) is 37.5 Å². The van der Waals surface area contributed by atoms with Gasteiger partial charge < -0.3 is 15.8 Å². The largest absolute Gasteiger partial charge is 0.411 e. The van der Waals surface area contributed by atoms with Crippen molar-refractivity contribution in [2.24, 2.45) is 0 Å². The number of nitrogens with one attached hydrogen (secondary N) is 1. The maximum atomic E-state index is 11.9. The molecule has 108 valence electrons. The maximum absolute atomic E-state index is 11.9. The van der Waals surface area contributed by atoms with E-state index in [4.69, 9.17) is 5.73 Å². The number of alkyl halides is 3. The van der Waals surface area contributed by atoms with Crippen LogP contribution < -0.4 is 11.1 Å². The smallest absolute Gasteiger partial charge is 0.383 e. The Kier molecular flexibility index (Phi) is 6.04. The number of nitrogens with two attached hydrogens (primary N) is 1. The molecule has 0 aromatic carbocycles. The van der Waals surface area contributed by atoms with E-state index in [1.807, 2.05) is 6.07 Å². The third kappa shape index (κ3) is 6.40. The zero-order chi connectivity index (χ0) is 14.3. The Bertz CT molecular complexity index is 385. The summed E-state index contributed by atoms with van der Waals surface area (Å²) in [6.45, 7) is -1.16. The summed E-state index contributed by atoms with van der Waals surface area (Å²) in [6, 6.07) is 3.63. The molecule has 7 heteroatoms. The number of halogens is 3. The van der Waals surface area contributed by atoms with Gasteiger partial charge in [-0.3, -0.25) is 0 Å². The first-order chi connectivity index (χ1) is 8.92. The molecule has 1 unspecified atom stereocenters. The van der Waals surface area contributed by atoms with Gasteiger partial charge in [-0.2, -0.15) is 13.2 Å². The summed E-state index contributed by atoms with van der Waals surface area (Å²) < 4.78 is 40.3. The van der Waals surface area contributed by atoms with Crippen molar-refractivity contribution < 1.29 is 17.9 Å². The Morgan fingerprint density at radius 3 is 2.79 bits per heavy atom. The van der Waals surface area contributed by atoms with Crippen molar-refractivity contribution in [2.45, 2.75) is 25.1 Å². The number of hydrogen-bond acceptors (Lipinski definition) is 4. The molecule has 1 rings (SSSR count). The van der Waals surface area contributed by atoms with E-state index in [1.54, 1.807) is 19.3 Å². The molecule has 0 saturated heterocycles. The molecule has 0 aliphatic rings. The first-order valence-corrected chi connectivity index (χ1v) is 5.93. The monoisotopic (exact) mass is 277 g/mol. The highest BCUT2D eigenvalue weighted by atomic mass is 19.4. The highest BCUT2D eigenvalue weighted by molar-refractivity contribution is 5.38. The van der Waals surface area contributed by atoms with E-state index in [1.165, 1.54) is 0 Å². The molecule has 1 atom stereocenters. The van der Waals surface area contributed by atoms with Gasteiger partial charge in [0, 0.05) is 18.8 Å². The summed E-state index contributed by atoms with van der Waals surface area (Å²) in [5.41, 5.74) is 6.59. The Balaban J connectivity index is 2.36. The van der Waals surface area contributed by atoms with Crippen molar-refractivity contribution in [1.29, 1.82) is 0 Å². The third-order valence-corrected chi connectivity index (χ3v) is 2.68. The fourth-order valence-electron chi connectivity index (χ4n) is 1.65. The number of nitrogens with zero attached hydrogens (tertiary/aromatic N) is 1. The fraction of sp³-hybridized carbons (Fsp3) is 0.583. The Hall–Kier alpha value is -1.34. The molecule has 0 aliphatic heterocycles. The zero-order valence-electron chi connectivity index (χ0n) is 10.7. The number of rotatable bonds is 7. The summed E-state index contributed by atoms with van der Waals surface area (Å²) >= 11 is 0. The number of likely N-dealkylation sites (N-methyl/N-ethyl adjacent to an activating group) is 1. The molecule has 3 N–H and O–H groups in total. The summed E-state index contributed by atoms with van der Waals surface area (Å²) in [5, 5.41) is 3.03. The van der Waals surface area contributed by atoms with E-state index in [2.05, 4.69) is 15.0 Å². The number of anilines is 1. The van der Waals surface area contributed by atoms with Crippen molar-refractivity contribution in [3.8, 4) is 0 Å². The number of hydrogen-bond donors (Lipinski definition) is 2. The standard InChI is InChI=1S/C12H18F3N3O/c1-17-10(4-6-19-8-12(13,14)15)7-9-3-2-5-18-11(9)16/h2-3,5,10,17H,4,6-8H2,1H3,(H2,16,18). The Labute approximate surface area is 110 Å². The second-order valence-electron chi connectivity index (χ2n) is 4.19. The lowest BCUT2D eigenvalue weighted by Gasteiger charge is -2.17. The average Bonchev–Trinajstić information content (AvgIpc) is 2.34. The molecular weight excluding hydrogens is 259 g/mol. The quantitative estimate of drug-likeness (QED) is 0.746. The van der Waals surface area contributed by atoms with Crippen LogP contribution >= 0.6 is 0 Å². The Morgan fingerprint density at radius 2 is 2.21 bits per heavy atom. The number of nitrogen functional groups attached to an aromatic ring is 1. The number of aromatic nitrogens is 1. The van der Waals surface area contributed by atoms with Crippen LogP contribution in [0.3, 0.4) is 0 Å². The van der Waals surface area contributed by atoms with Gasteiger partial charge in [0.1, 0.15) is 12.4 Å². The van der Waals surface area contributed by atoms with E-state index in [0.717, 1.165) is 5.56 Å². The van der Waals surface area contributed by atoms with Crippen molar-refractivity contribution in [1.82, 2.24) is 10.3 Å². The molecule has 0 fully saturated rings. The predicted molar refractivity (Wildman–Crippen MR) is 66.7 cm³/mol. The SMILES string of the molecule is CNC(CCOCC(F)(F)F)Cc1cccnc1N. The molecule has 4 nitrogen and oxygen atoms in total. The molecule has 0 saturated carbocycles. The van der Waals surface area contributed by atoms with Gasteiger partial charge >= 0.3 is 6.18 Å². The lowest BCUT2D eigenvalue weighted by molar-refractivity contribution is -0.174. The fourth-order valence-corrected chi connectivity index (χ4v) is 1.65. The highest BCUT2D eigenvalue weighted by Crippen LogP contribution is 2.15. The van der Waals surface area contributed by atoms with E-state index in [0.29, 0.717) is 18.7 Å². The summed E-state index contributed by atoms with van der Waals surface area (Å²) in [5.74, 6) is 0.443. The first-order valence-electron chi connectivity index (χ1n) is 5.93. The van der Waals surface area contributed by atoms with Crippen molar-refractivity contribution in [2.75, 3.05) is 26.0 Å². The van der Waals surface area contributed by atoms with Gasteiger partial charge in [-0.1, -0.05) is 6.07 Å². The molecule has 0 aliphatic carbocycles. The second-order valence-corrected chi connectivity index (χ2v) is 4.19. The normalized spacial score (nSPS) is 13.5. The minimum atomic E-state index is -4.27. The molecule has 0 amide bonds. The molecule has 0 bridgehead atoms.